The molecule has 7 heteroatoms. The normalized spacial score (nSPS) is 11.4. The summed E-state index contributed by atoms with van der Waals surface area (Å²) in [5, 5.41) is 21.9. The average Bonchev–Trinajstić information content (AvgIpc) is 2.69. The summed E-state index contributed by atoms with van der Waals surface area (Å²) in [6.07, 6.45) is 10.3. The molecule has 1 aromatic rings. The van der Waals surface area contributed by atoms with Crippen molar-refractivity contribution in [3.63, 3.8) is 0 Å². The van der Waals surface area contributed by atoms with Crippen LogP contribution < -0.4 is 5.43 Å². The van der Waals surface area contributed by atoms with E-state index in [9.17, 15) is 14.7 Å². The van der Waals surface area contributed by atoms with E-state index < -0.39 is 0 Å². The fourth-order valence-electron chi connectivity index (χ4n) is 2.77. The molecule has 2 N–H and O–H groups in total. The molecule has 7 nitrogen and oxygen atoms in total. The predicted octanol–water partition coefficient (Wildman–Crippen LogP) is 5.70. The van der Waals surface area contributed by atoms with Gasteiger partial charge in [-0.2, -0.15) is 5.10 Å². The van der Waals surface area contributed by atoms with Crippen LogP contribution in [0.3, 0.4) is 0 Å². The number of hydrogen-bond acceptors (Lipinski definition) is 5. The molecular formula is C22H34N4O3. The number of hydrazone groups is 1. The molecule has 0 aliphatic carbocycles. The lowest BCUT2D eigenvalue weighted by Gasteiger charge is -2.05. The first-order valence-electron chi connectivity index (χ1n) is 10.6. The van der Waals surface area contributed by atoms with E-state index in [1.165, 1.54) is 6.21 Å². The molecule has 0 heterocycles. The summed E-state index contributed by atoms with van der Waals surface area (Å²) >= 11 is 0. The van der Waals surface area contributed by atoms with Crippen LogP contribution in [0, 0.1) is 6.92 Å². The van der Waals surface area contributed by atoms with Gasteiger partial charge >= 0.3 is 0 Å². The molecule has 160 valence electrons. The van der Waals surface area contributed by atoms with Crippen LogP contribution in [0.5, 0.6) is 5.75 Å². The summed E-state index contributed by atoms with van der Waals surface area (Å²) in [5.41, 5.74) is 3.91. The third-order valence-corrected chi connectivity index (χ3v) is 4.43. The van der Waals surface area contributed by atoms with Gasteiger partial charge in [0.25, 0.3) is 5.91 Å². The second-order valence-electron chi connectivity index (χ2n) is 7.23. The Kier molecular flexibility index (Phi) is 12.2. The summed E-state index contributed by atoms with van der Waals surface area (Å²) in [6, 6.07) is 3.37. The first-order valence-corrected chi connectivity index (χ1v) is 10.6. The molecule has 0 aliphatic rings. The zero-order chi connectivity index (χ0) is 21.5. The summed E-state index contributed by atoms with van der Waals surface area (Å²) in [6.45, 7) is 6.08. The van der Waals surface area contributed by atoms with Gasteiger partial charge in [-0.3, -0.25) is 9.59 Å². The van der Waals surface area contributed by atoms with E-state index in [1.807, 2.05) is 6.92 Å². The molecule has 0 atom stereocenters. The molecule has 29 heavy (non-hydrogen) atoms. The average molecular weight is 403 g/mol. The summed E-state index contributed by atoms with van der Waals surface area (Å²) in [4.78, 5) is 23.6. The van der Waals surface area contributed by atoms with Gasteiger partial charge in [0.2, 0.25) is 5.91 Å². The van der Waals surface area contributed by atoms with E-state index in [4.69, 9.17) is 0 Å². The number of carbonyl (C=O) groups excluding carboxylic acids is 2. The van der Waals surface area contributed by atoms with Gasteiger partial charge in [-0.25, -0.2) is 5.43 Å². The minimum absolute atomic E-state index is 0.126. The number of phenolic OH excluding ortho intramolecular Hbond substituents is 1. The molecule has 0 aliphatic heterocycles. The molecule has 2 amide bonds. The molecule has 1 rings (SSSR count). The Hall–Kier alpha value is -2.57. The third kappa shape index (κ3) is 10.5. The van der Waals surface area contributed by atoms with Crippen molar-refractivity contribution in [1.29, 1.82) is 0 Å². The quantitative estimate of drug-likeness (QED) is 0.191. The highest BCUT2D eigenvalue weighted by molar-refractivity contribution is 5.88. The largest absolute Gasteiger partial charge is 0.505 e. The Morgan fingerprint density at radius 3 is 2.31 bits per heavy atom. The number of carbonyl (C=O) groups is 2. The first kappa shape index (κ1) is 24.5. The lowest BCUT2D eigenvalue weighted by molar-refractivity contribution is -0.121. The molecule has 0 fully saturated rings. The van der Waals surface area contributed by atoms with E-state index in [1.54, 1.807) is 12.1 Å². The number of nitrogens with one attached hydrogen (secondary N) is 1. The van der Waals surface area contributed by atoms with Crippen LogP contribution in [0.4, 0.5) is 5.69 Å². The minimum Gasteiger partial charge on any atom is -0.505 e. The highest BCUT2D eigenvalue weighted by Gasteiger charge is 2.08. The first-order chi connectivity index (χ1) is 14.0. The van der Waals surface area contributed by atoms with E-state index in [2.05, 4.69) is 34.6 Å². The van der Waals surface area contributed by atoms with E-state index >= 15 is 0 Å². The Labute approximate surface area is 173 Å². The minimum atomic E-state index is -0.299. The topological polar surface area (TPSA) is 103 Å². The molecule has 0 spiro atoms. The van der Waals surface area contributed by atoms with Gasteiger partial charge in [-0.15, -0.1) is 10.2 Å². The van der Waals surface area contributed by atoms with Crippen molar-refractivity contribution in [2.75, 3.05) is 0 Å². The number of phenols is 1. The molecule has 0 saturated heterocycles. The van der Waals surface area contributed by atoms with Crippen molar-refractivity contribution >= 4 is 23.7 Å². The van der Waals surface area contributed by atoms with Crippen LogP contribution in [0.25, 0.3) is 0 Å². The Bertz CT molecular complexity index is 714. The van der Waals surface area contributed by atoms with Gasteiger partial charge in [0, 0.05) is 18.4 Å². The lowest BCUT2D eigenvalue weighted by atomic mass is 10.1. The van der Waals surface area contributed by atoms with E-state index in [0.717, 1.165) is 56.9 Å². The van der Waals surface area contributed by atoms with Crippen molar-refractivity contribution in [3.05, 3.63) is 23.3 Å². The summed E-state index contributed by atoms with van der Waals surface area (Å²) < 4.78 is 0. The smallest absolute Gasteiger partial charge is 0.264 e. The highest BCUT2D eigenvalue weighted by atomic mass is 16.3. The van der Waals surface area contributed by atoms with Gasteiger partial charge in [0.05, 0.1) is 6.21 Å². The third-order valence-electron chi connectivity index (χ3n) is 4.43. The molecule has 0 radical (unpaired) electrons. The van der Waals surface area contributed by atoms with Crippen LogP contribution in [-0.2, 0) is 9.59 Å². The Morgan fingerprint density at radius 2 is 1.66 bits per heavy atom. The number of benzene rings is 1. The number of aromatic hydroxyl groups is 1. The van der Waals surface area contributed by atoms with Crippen molar-refractivity contribution in [2.24, 2.45) is 15.3 Å². The number of rotatable bonds is 13. The second-order valence-corrected chi connectivity index (χ2v) is 7.23. The zero-order valence-electron chi connectivity index (χ0n) is 17.9. The van der Waals surface area contributed by atoms with Crippen LogP contribution in [0.1, 0.15) is 89.2 Å². The van der Waals surface area contributed by atoms with Crippen LogP contribution in [-0.4, -0.2) is 23.1 Å². The van der Waals surface area contributed by atoms with Crippen molar-refractivity contribution in [3.8, 4) is 5.75 Å². The monoisotopic (exact) mass is 402 g/mol. The molecule has 0 saturated carbocycles. The van der Waals surface area contributed by atoms with Crippen molar-refractivity contribution in [1.82, 2.24) is 5.43 Å². The molecule has 1 aromatic carbocycles. The standard InChI is InChI=1S/C22H34N4O3/c1-4-6-8-10-12-20(27)25-23-16-18-14-17(3)15-19(22(18)29)24-26-21(28)13-11-9-7-5-2/h14-16,29H,4-13H2,1-3H3,(H,25,27)/b23-16+,26-24?. The zero-order valence-corrected chi connectivity index (χ0v) is 17.9. The molecule has 0 bridgehead atoms. The lowest BCUT2D eigenvalue weighted by Crippen LogP contribution is -2.16. The van der Waals surface area contributed by atoms with Crippen LogP contribution in [0.15, 0.2) is 27.5 Å². The maximum Gasteiger partial charge on any atom is 0.264 e. The van der Waals surface area contributed by atoms with Gasteiger partial charge in [-0.05, 0) is 37.5 Å². The summed E-state index contributed by atoms with van der Waals surface area (Å²) in [5.74, 6) is -0.579. The van der Waals surface area contributed by atoms with Gasteiger partial charge in [0.1, 0.15) is 5.69 Å². The van der Waals surface area contributed by atoms with Gasteiger partial charge in [-0.1, -0.05) is 52.4 Å². The molecule has 0 unspecified atom stereocenters. The summed E-state index contributed by atoms with van der Waals surface area (Å²) in [7, 11) is 0. The van der Waals surface area contributed by atoms with Crippen LogP contribution >= 0.6 is 0 Å². The van der Waals surface area contributed by atoms with Gasteiger partial charge < -0.3 is 5.11 Å². The number of azo groups is 1. The van der Waals surface area contributed by atoms with Crippen LogP contribution in [0.2, 0.25) is 0 Å². The maximum atomic E-state index is 11.8. The highest BCUT2D eigenvalue weighted by Crippen LogP contribution is 2.31. The van der Waals surface area contributed by atoms with Gasteiger partial charge in [0.15, 0.2) is 5.75 Å². The fraction of sp³-hybridized carbons (Fsp3) is 0.591. The number of hydrogen-bond donors (Lipinski definition) is 2. The Morgan fingerprint density at radius 1 is 1.00 bits per heavy atom. The predicted molar refractivity (Wildman–Crippen MR) is 116 cm³/mol. The Balaban J connectivity index is 2.65. The second kappa shape index (κ2) is 14.4. The number of nitrogens with zero attached hydrogens (tertiary/aromatic N) is 3. The SMILES string of the molecule is CCCCCCC(=O)N=Nc1cc(C)cc(/C=N/NC(=O)CCCCCC)c1O. The number of unbranched alkanes of at least 4 members (excludes halogenated alkanes) is 6. The van der Waals surface area contributed by atoms with Crippen molar-refractivity contribution in [2.45, 2.75) is 85.0 Å². The molecular weight excluding hydrogens is 368 g/mol. The number of amides is 2. The number of aryl methyl sites for hydroxylation is 1. The van der Waals surface area contributed by atoms with E-state index in [0.29, 0.717) is 18.4 Å². The maximum absolute atomic E-state index is 11.8. The molecule has 0 aromatic heterocycles. The fourth-order valence-corrected chi connectivity index (χ4v) is 2.77. The van der Waals surface area contributed by atoms with Crippen molar-refractivity contribution < 1.29 is 14.7 Å². The van der Waals surface area contributed by atoms with E-state index in [-0.39, 0.29) is 23.3 Å².